The van der Waals surface area contributed by atoms with Crippen LogP contribution in [0, 0.1) is 0 Å². The molecule has 1 unspecified atom stereocenters. The van der Waals surface area contributed by atoms with Crippen molar-refractivity contribution >= 4 is 15.7 Å². The second-order valence-corrected chi connectivity index (χ2v) is 8.71. The average molecular weight is 430 g/mol. The van der Waals surface area contributed by atoms with Gasteiger partial charge in [-0.1, -0.05) is 18.2 Å². The third-order valence-corrected chi connectivity index (χ3v) is 6.58. The maximum Gasteiger partial charge on any atom is 0.287 e. The van der Waals surface area contributed by atoms with E-state index in [4.69, 9.17) is 13.6 Å². The van der Waals surface area contributed by atoms with Gasteiger partial charge in [0.05, 0.1) is 30.4 Å². The van der Waals surface area contributed by atoms with Crippen molar-refractivity contribution in [2.75, 3.05) is 32.8 Å². The number of sulfone groups is 1. The Morgan fingerprint density at radius 3 is 2.50 bits per heavy atom. The van der Waals surface area contributed by atoms with Crippen LogP contribution in [0.3, 0.4) is 0 Å². The first-order chi connectivity index (χ1) is 14.6. The topological polar surface area (TPSA) is 102 Å². The molecule has 1 N–H and O–H groups in total. The van der Waals surface area contributed by atoms with Crippen molar-refractivity contribution in [2.45, 2.75) is 16.0 Å². The molecule has 0 saturated carbocycles. The third kappa shape index (κ3) is 4.33. The number of morpholine rings is 1. The molecule has 0 aliphatic carbocycles. The summed E-state index contributed by atoms with van der Waals surface area (Å²) in [6.07, 6.45) is 1.60. The number of benzene rings is 1. The van der Waals surface area contributed by atoms with Gasteiger partial charge in [-0.3, -0.25) is 9.69 Å². The molecule has 9 heteroatoms. The van der Waals surface area contributed by atoms with E-state index in [1.54, 1.807) is 30.5 Å². The van der Waals surface area contributed by atoms with Gasteiger partial charge < -0.3 is 18.9 Å². The normalized spacial score (nSPS) is 16.3. The summed E-state index contributed by atoms with van der Waals surface area (Å²) in [6, 6.07) is 14.1. The van der Waals surface area contributed by atoms with E-state index in [1.807, 2.05) is 6.07 Å². The number of nitrogens with one attached hydrogen (secondary N) is 1. The lowest BCUT2D eigenvalue weighted by molar-refractivity contribution is 0.0117. The smallest absolute Gasteiger partial charge is 0.287 e. The molecule has 8 nitrogen and oxygen atoms in total. The van der Waals surface area contributed by atoms with Crippen LogP contribution in [0.25, 0.3) is 0 Å². The number of hydrogen-bond donors (Lipinski definition) is 1. The summed E-state index contributed by atoms with van der Waals surface area (Å²) in [5.74, 6) is 0.183. The van der Waals surface area contributed by atoms with Crippen LogP contribution >= 0.6 is 0 Å². The van der Waals surface area contributed by atoms with Crippen molar-refractivity contribution < 1.29 is 26.8 Å². The SMILES string of the molecule is O=C(NCC(c1ccco1)N1CCOCC1)c1ccc(S(=O)(=O)c2ccccc2)o1. The lowest BCUT2D eigenvalue weighted by Gasteiger charge is -2.33. The lowest BCUT2D eigenvalue weighted by atomic mass is 10.1. The molecule has 158 valence electrons. The van der Waals surface area contributed by atoms with Gasteiger partial charge in [0.1, 0.15) is 5.76 Å². The molecule has 1 saturated heterocycles. The van der Waals surface area contributed by atoms with E-state index in [-0.39, 0.29) is 28.3 Å². The zero-order valence-electron chi connectivity index (χ0n) is 16.2. The molecule has 1 fully saturated rings. The van der Waals surface area contributed by atoms with Crippen molar-refractivity contribution in [3.05, 3.63) is 72.4 Å². The van der Waals surface area contributed by atoms with E-state index in [2.05, 4.69) is 10.2 Å². The number of nitrogens with zero attached hydrogens (tertiary/aromatic N) is 1. The number of carbonyl (C=O) groups excluding carboxylic acids is 1. The Bertz CT molecular complexity index is 1070. The van der Waals surface area contributed by atoms with Crippen molar-refractivity contribution in [3.63, 3.8) is 0 Å². The maximum absolute atomic E-state index is 12.6. The Labute approximate surface area is 174 Å². The molecule has 3 heterocycles. The Morgan fingerprint density at radius 1 is 1.03 bits per heavy atom. The van der Waals surface area contributed by atoms with Gasteiger partial charge in [-0.2, -0.15) is 0 Å². The van der Waals surface area contributed by atoms with Gasteiger partial charge in [0, 0.05) is 19.6 Å². The zero-order valence-corrected chi connectivity index (χ0v) is 17.0. The summed E-state index contributed by atoms with van der Waals surface area (Å²) in [7, 11) is -3.82. The first kappa shape index (κ1) is 20.4. The minimum atomic E-state index is -3.82. The second kappa shape index (κ2) is 8.86. The predicted molar refractivity (Wildman–Crippen MR) is 107 cm³/mol. The number of ether oxygens (including phenoxy) is 1. The van der Waals surface area contributed by atoms with Crippen LogP contribution in [-0.4, -0.2) is 52.1 Å². The van der Waals surface area contributed by atoms with E-state index in [1.165, 1.54) is 24.3 Å². The Balaban J connectivity index is 1.46. The van der Waals surface area contributed by atoms with E-state index in [0.29, 0.717) is 13.2 Å². The molecular formula is C21H22N2O6S. The van der Waals surface area contributed by atoms with Crippen molar-refractivity contribution in [3.8, 4) is 0 Å². The predicted octanol–water partition coefficient (Wildman–Crippen LogP) is 2.51. The first-order valence-corrected chi connectivity index (χ1v) is 11.1. The summed E-state index contributed by atoms with van der Waals surface area (Å²) in [5.41, 5.74) is 0. The number of carbonyl (C=O) groups is 1. The Hall–Kier alpha value is -2.88. The molecule has 0 spiro atoms. The molecule has 1 aliphatic heterocycles. The third-order valence-electron chi connectivity index (χ3n) is 4.94. The Kier molecular flexibility index (Phi) is 6.03. The van der Waals surface area contributed by atoms with Crippen LogP contribution in [0.2, 0.25) is 0 Å². The molecule has 1 aliphatic rings. The van der Waals surface area contributed by atoms with Gasteiger partial charge in [0.2, 0.25) is 14.9 Å². The van der Waals surface area contributed by atoms with Crippen LogP contribution in [-0.2, 0) is 14.6 Å². The average Bonchev–Trinajstić information content (AvgIpc) is 3.48. The fourth-order valence-corrected chi connectivity index (χ4v) is 4.55. The Morgan fingerprint density at radius 2 is 1.80 bits per heavy atom. The summed E-state index contributed by atoms with van der Waals surface area (Å²) in [4.78, 5) is 14.9. The van der Waals surface area contributed by atoms with Crippen molar-refractivity contribution in [1.82, 2.24) is 10.2 Å². The summed E-state index contributed by atoms with van der Waals surface area (Å²) < 4.78 is 41.6. The van der Waals surface area contributed by atoms with Gasteiger partial charge in [-0.15, -0.1) is 0 Å². The fraction of sp³-hybridized carbons (Fsp3) is 0.286. The number of rotatable bonds is 7. The van der Waals surface area contributed by atoms with E-state index in [0.717, 1.165) is 18.8 Å². The van der Waals surface area contributed by atoms with Crippen LogP contribution in [0.15, 0.2) is 79.7 Å². The molecule has 30 heavy (non-hydrogen) atoms. The highest BCUT2D eigenvalue weighted by molar-refractivity contribution is 7.91. The van der Waals surface area contributed by atoms with Gasteiger partial charge in [0.15, 0.2) is 5.76 Å². The molecule has 1 atom stereocenters. The van der Waals surface area contributed by atoms with Gasteiger partial charge in [-0.25, -0.2) is 8.42 Å². The standard InChI is InChI=1S/C21H22N2O6S/c24-21(19-8-9-20(29-19)30(25,26)16-5-2-1-3-6-16)22-15-17(18-7-4-12-28-18)23-10-13-27-14-11-23/h1-9,12,17H,10-11,13-15H2,(H,22,24). The largest absolute Gasteiger partial charge is 0.468 e. The molecular weight excluding hydrogens is 408 g/mol. The molecule has 1 amide bonds. The molecule has 0 radical (unpaired) electrons. The second-order valence-electron chi connectivity index (χ2n) is 6.82. The lowest BCUT2D eigenvalue weighted by Crippen LogP contribution is -2.43. The van der Waals surface area contributed by atoms with Gasteiger partial charge >= 0.3 is 0 Å². The first-order valence-electron chi connectivity index (χ1n) is 9.59. The fourth-order valence-electron chi connectivity index (χ4n) is 3.36. The van der Waals surface area contributed by atoms with Crippen molar-refractivity contribution in [1.29, 1.82) is 0 Å². The van der Waals surface area contributed by atoms with E-state index in [9.17, 15) is 13.2 Å². The molecule has 2 aromatic heterocycles. The van der Waals surface area contributed by atoms with Gasteiger partial charge in [0.25, 0.3) is 5.91 Å². The van der Waals surface area contributed by atoms with Gasteiger partial charge in [-0.05, 0) is 36.4 Å². The van der Waals surface area contributed by atoms with Crippen LogP contribution in [0.5, 0.6) is 0 Å². The van der Waals surface area contributed by atoms with Crippen LogP contribution < -0.4 is 5.32 Å². The summed E-state index contributed by atoms with van der Waals surface area (Å²) >= 11 is 0. The minimum Gasteiger partial charge on any atom is -0.468 e. The monoisotopic (exact) mass is 430 g/mol. The van der Waals surface area contributed by atoms with E-state index >= 15 is 0 Å². The molecule has 1 aromatic carbocycles. The quantitative estimate of drug-likeness (QED) is 0.614. The highest BCUT2D eigenvalue weighted by atomic mass is 32.2. The molecule has 3 aromatic rings. The zero-order chi connectivity index (χ0) is 21.0. The highest BCUT2D eigenvalue weighted by Gasteiger charge is 2.27. The molecule has 4 rings (SSSR count). The van der Waals surface area contributed by atoms with Crippen LogP contribution in [0.4, 0.5) is 0 Å². The number of furan rings is 2. The number of amides is 1. The number of hydrogen-bond acceptors (Lipinski definition) is 7. The summed E-state index contributed by atoms with van der Waals surface area (Å²) in [6.45, 7) is 2.96. The summed E-state index contributed by atoms with van der Waals surface area (Å²) in [5, 5.41) is 2.55. The molecule has 0 bridgehead atoms. The van der Waals surface area contributed by atoms with Crippen LogP contribution in [0.1, 0.15) is 22.4 Å². The minimum absolute atomic E-state index is 0.0651. The van der Waals surface area contributed by atoms with E-state index < -0.39 is 15.7 Å². The van der Waals surface area contributed by atoms with Crippen molar-refractivity contribution in [2.24, 2.45) is 0 Å². The highest BCUT2D eigenvalue weighted by Crippen LogP contribution is 2.24. The maximum atomic E-state index is 12.6.